The van der Waals surface area contributed by atoms with Crippen molar-refractivity contribution in [1.82, 2.24) is 9.97 Å². The van der Waals surface area contributed by atoms with Gasteiger partial charge in [0.05, 0.1) is 11.0 Å². The van der Waals surface area contributed by atoms with Crippen molar-refractivity contribution >= 4 is 32.7 Å². The molecular formula is C16H21BrN2O2. The lowest BCUT2D eigenvalue weighted by atomic mass is 9.83. The number of carbonyl (C=O) groups excluding carboxylic acids is 1. The molecule has 2 rings (SSSR count). The lowest BCUT2D eigenvalue weighted by Crippen LogP contribution is -2.14. The molecule has 1 heterocycles. The number of rotatable bonds is 4. The van der Waals surface area contributed by atoms with Gasteiger partial charge in [-0.25, -0.2) is 4.79 Å². The molecule has 1 aromatic carbocycles. The standard InChI is InChI=1S/C16H21BrN2O2/c1-9(8-16(2,3)4)5-14(20)10-6-12-13(7-11(10)17)19-15(21)18-12/h6-7,9H,5,8H2,1-4H3,(H2,18,19,21). The number of imidazole rings is 1. The number of Topliss-reactive ketones (excluding diaryl/α,β-unsaturated/α-hetero) is 1. The number of ketones is 1. The Labute approximate surface area is 132 Å². The van der Waals surface area contributed by atoms with Crippen molar-refractivity contribution in [1.29, 1.82) is 0 Å². The summed E-state index contributed by atoms with van der Waals surface area (Å²) < 4.78 is 0.721. The second-order valence-corrected chi connectivity index (χ2v) is 7.81. The van der Waals surface area contributed by atoms with E-state index < -0.39 is 0 Å². The molecular weight excluding hydrogens is 332 g/mol. The van der Waals surface area contributed by atoms with E-state index in [0.717, 1.165) is 10.9 Å². The maximum Gasteiger partial charge on any atom is 0.323 e. The molecule has 0 amide bonds. The first kappa shape index (κ1) is 16.0. The van der Waals surface area contributed by atoms with Crippen LogP contribution in [0.1, 0.15) is 50.9 Å². The molecule has 5 heteroatoms. The smallest absolute Gasteiger partial charge is 0.306 e. The quantitative estimate of drug-likeness (QED) is 0.807. The Morgan fingerprint density at radius 3 is 2.38 bits per heavy atom. The number of carbonyl (C=O) groups is 1. The van der Waals surface area contributed by atoms with E-state index in [0.29, 0.717) is 28.9 Å². The minimum Gasteiger partial charge on any atom is -0.306 e. The van der Waals surface area contributed by atoms with Crippen molar-refractivity contribution in [2.45, 2.75) is 40.5 Å². The summed E-state index contributed by atoms with van der Waals surface area (Å²) in [6, 6.07) is 3.51. The first-order chi connectivity index (χ1) is 9.65. The first-order valence-electron chi connectivity index (χ1n) is 7.10. The summed E-state index contributed by atoms with van der Waals surface area (Å²) >= 11 is 3.42. The van der Waals surface area contributed by atoms with Crippen LogP contribution in [-0.4, -0.2) is 15.8 Å². The van der Waals surface area contributed by atoms with E-state index >= 15 is 0 Å². The Bertz CT molecular complexity index is 722. The molecule has 0 saturated heterocycles. The zero-order valence-corrected chi connectivity index (χ0v) is 14.4. The van der Waals surface area contributed by atoms with Gasteiger partial charge in [-0.2, -0.15) is 0 Å². The lowest BCUT2D eigenvalue weighted by Gasteiger charge is -2.22. The van der Waals surface area contributed by atoms with Crippen LogP contribution in [0.3, 0.4) is 0 Å². The van der Waals surface area contributed by atoms with Crippen LogP contribution in [0, 0.1) is 11.3 Å². The summed E-state index contributed by atoms with van der Waals surface area (Å²) in [6.45, 7) is 8.65. The molecule has 114 valence electrons. The van der Waals surface area contributed by atoms with Crippen LogP contribution in [0.4, 0.5) is 0 Å². The van der Waals surface area contributed by atoms with E-state index in [2.05, 4.69) is 53.6 Å². The third-order valence-electron chi connectivity index (χ3n) is 3.40. The monoisotopic (exact) mass is 352 g/mol. The second kappa shape index (κ2) is 5.79. The molecule has 21 heavy (non-hydrogen) atoms. The maximum absolute atomic E-state index is 12.5. The van der Waals surface area contributed by atoms with E-state index in [1.54, 1.807) is 12.1 Å². The summed E-state index contributed by atoms with van der Waals surface area (Å²) in [7, 11) is 0. The molecule has 0 aliphatic heterocycles. The van der Waals surface area contributed by atoms with Crippen LogP contribution in [0.2, 0.25) is 0 Å². The number of H-pyrrole nitrogens is 2. The van der Waals surface area contributed by atoms with Gasteiger partial charge in [-0.1, -0.05) is 27.7 Å². The molecule has 2 N–H and O–H groups in total. The molecule has 2 aromatic rings. The minimum atomic E-state index is -0.261. The Hall–Kier alpha value is -1.36. The van der Waals surface area contributed by atoms with E-state index in [1.165, 1.54) is 0 Å². The van der Waals surface area contributed by atoms with E-state index in [4.69, 9.17) is 0 Å². The number of benzene rings is 1. The predicted octanol–water partition coefficient (Wildman–Crippen LogP) is 4.26. The summed E-state index contributed by atoms with van der Waals surface area (Å²) in [4.78, 5) is 29.2. The van der Waals surface area contributed by atoms with Crippen molar-refractivity contribution in [3.8, 4) is 0 Å². The molecule has 0 spiro atoms. The molecule has 0 fully saturated rings. The predicted molar refractivity (Wildman–Crippen MR) is 88.8 cm³/mol. The van der Waals surface area contributed by atoms with Crippen LogP contribution in [0.15, 0.2) is 21.4 Å². The summed E-state index contributed by atoms with van der Waals surface area (Å²) in [6.07, 6.45) is 1.51. The van der Waals surface area contributed by atoms with Crippen molar-refractivity contribution in [2.75, 3.05) is 0 Å². The van der Waals surface area contributed by atoms with Crippen LogP contribution in [0.25, 0.3) is 11.0 Å². The highest BCUT2D eigenvalue weighted by Gasteiger charge is 2.20. The number of halogens is 1. The van der Waals surface area contributed by atoms with Gasteiger partial charge < -0.3 is 9.97 Å². The molecule has 1 aromatic heterocycles. The van der Waals surface area contributed by atoms with Gasteiger partial charge in [0.2, 0.25) is 0 Å². The topological polar surface area (TPSA) is 65.7 Å². The molecule has 0 radical (unpaired) electrons. The fraction of sp³-hybridized carbons (Fsp3) is 0.500. The lowest BCUT2D eigenvalue weighted by molar-refractivity contribution is 0.0953. The van der Waals surface area contributed by atoms with E-state index in [-0.39, 0.29) is 16.9 Å². The van der Waals surface area contributed by atoms with Gasteiger partial charge in [0, 0.05) is 16.5 Å². The molecule has 0 saturated carbocycles. The molecule has 1 unspecified atom stereocenters. The number of nitrogens with one attached hydrogen (secondary N) is 2. The number of hydrogen-bond acceptors (Lipinski definition) is 2. The molecule has 0 bridgehead atoms. The number of aromatic nitrogens is 2. The van der Waals surface area contributed by atoms with Gasteiger partial charge in [0.25, 0.3) is 0 Å². The highest BCUT2D eigenvalue weighted by Crippen LogP contribution is 2.29. The summed E-state index contributed by atoms with van der Waals surface area (Å²) in [5, 5.41) is 0. The summed E-state index contributed by atoms with van der Waals surface area (Å²) in [5.41, 5.74) is 1.94. The second-order valence-electron chi connectivity index (χ2n) is 6.95. The fourth-order valence-electron chi connectivity index (χ4n) is 2.81. The van der Waals surface area contributed by atoms with Gasteiger partial charge in [-0.15, -0.1) is 0 Å². The molecule has 1 atom stereocenters. The largest absolute Gasteiger partial charge is 0.323 e. The zero-order valence-electron chi connectivity index (χ0n) is 12.8. The third-order valence-corrected chi connectivity index (χ3v) is 4.05. The highest BCUT2D eigenvalue weighted by molar-refractivity contribution is 9.10. The molecule has 4 nitrogen and oxygen atoms in total. The van der Waals surface area contributed by atoms with E-state index in [1.807, 2.05) is 0 Å². The van der Waals surface area contributed by atoms with Crippen molar-refractivity contribution in [3.05, 3.63) is 32.7 Å². The Morgan fingerprint density at radius 2 is 1.81 bits per heavy atom. The van der Waals surface area contributed by atoms with Gasteiger partial charge in [-0.05, 0) is 45.8 Å². The highest BCUT2D eigenvalue weighted by atomic mass is 79.9. The van der Waals surface area contributed by atoms with Gasteiger partial charge in [0.15, 0.2) is 5.78 Å². The van der Waals surface area contributed by atoms with Crippen LogP contribution in [-0.2, 0) is 0 Å². The zero-order chi connectivity index (χ0) is 15.8. The normalized spacial score (nSPS) is 13.6. The van der Waals surface area contributed by atoms with Crippen molar-refractivity contribution < 1.29 is 4.79 Å². The minimum absolute atomic E-state index is 0.0996. The van der Waals surface area contributed by atoms with Crippen molar-refractivity contribution in [3.63, 3.8) is 0 Å². The molecule has 0 aliphatic carbocycles. The number of aromatic amines is 2. The SMILES string of the molecule is CC(CC(=O)c1cc2[nH]c(=O)[nH]c2cc1Br)CC(C)(C)C. The number of hydrogen-bond donors (Lipinski definition) is 2. The van der Waals surface area contributed by atoms with Gasteiger partial charge in [0.1, 0.15) is 0 Å². The Balaban J connectivity index is 2.22. The average Bonchev–Trinajstić information content (AvgIpc) is 2.64. The van der Waals surface area contributed by atoms with E-state index in [9.17, 15) is 9.59 Å². The van der Waals surface area contributed by atoms with Gasteiger partial charge >= 0.3 is 5.69 Å². The molecule has 0 aliphatic rings. The number of fused-ring (bicyclic) bond motifs is 1. The maximum atomic E-state index is 12.5. The van der Waals surface area contributed by atoms with Crippen LogP contribution < -0.4 is 5.69 Å². The first-order valence-corrected chi connectivity index (χ1v) is 7.90. The Morgan fingerprint density at radius 1 is 1.24 bits per heavy atom. The van der Waals surface area contributed by atoms with Crippen LogP contribution >= 0.6 is 15.9 Å². The fourth-order valence-corrected chi connectivity index (χ4v) is 3.38. The third kappa shape index (κ3) is 4.06. The average molecular weight is 353 g/mol. The van der Waals surface area contributed by atoms with Crippen LogP contribution in [0.5, 0.6) is 0 Å². The Kier molecular flexibility index (Phi) is 4.42. The van der Waals surface area contributed by atoms with Gasteiger partial charge in [-0.3, -0.25) is 4.79 Å². The summed E-state index contributed by atoms with van der Waals surface area (Å²) in [5.74, 6) is 0.424. The van der Waals surface area contributed by atoms with Crippen molar-refractivity contribution in [2.24, 2.45) is 11.3 Å².